The van der Waals surface area contributed by atoms with Gasteiger partial charge in [0.05, 0.1) is 17.8 Å². The Balaban J connectivity index is 2.34. The van der Waals surface area contributed by atoms with Crippen molar-refractivity contribution in [2.24, 2.45) is 10.9 Å². The van der Waals surface area contributed by atoms with Crippen LogP contribution in [-0.2, 0) is 4.74 Å². The Labute approximate surface area is 96.1 Å². The van der Waals surface area contributed by atoms with Crippen molar-refractivity contribution in [1.82, 2.24) is 0 Å². The number of benzene rings is 1. The third kappa shape index (κ3) is 1.99. The molecule has 1 amide bonds. The Morgan fingerprint density at radius 1 is 1.59 bits per heavy atom. The van der Waals surface area contributed by atoms with Crippen LogP contribution in [0, 0.1) is 5.82 Å². The second-order valence-corrected chi connectivity index (χ2v) is 3.42. The summed E-state index contributed by atoms with van der Waals surface area (Å²) in [7, 11) is 0. The maximum Gasteiger partial charge on any atom is 0.414 e. The van der Waals surface area contributed by atoms with Crippen LogP contribution in [0.5, 0.6) is 0 Å². The van der Waals surface area contributed by atoms with Crippen molar-refractivity contribution in [3.8, 4) is 0 Å². The van der Waals surface area contributed by atoms with Gasteiger partial charge in [-0.1, -0.05) is 5.16 Å². The fourth-order valence-corrected chi connectivity index (χ4v) is 1.56. The Hall–Kier alpha value is -2.31. The number of oxime groups is 1. The molecule has 1 aromatic rings. The van der Waals surface area contributed by atoms with E-state index in [0.29, 0.717) is 12.2 Å². The maximum absolute atomic E-state index is 13.6. The lowest BCUT2D eigenvalue weighted by Gasteiger charge is -2.13. The van der Waals surface area contributed by atoms with Crippen LogP contribution in [0.15, 0.2) is 23.4 Å². The van der Waals surface area contributed by atoms with Gasteiger partial charge in [-0.25, -0.2) is 9.18 Å². The predicted octanol–water partition coefficient (Wildman–Crippen LogP) is 0.877. The lowest BCUT2D eigenvalue weighted by molar-refractivity contribution is 0.181. The van der Waals surface area contributed by atoms with Crippen molar-refractivity contribution < 1.29 is 19.1 Å². The monoisotopic (exact) mass is 239 g/mol. The highest BCUT2D eigenvalue weighted by atomic mass is 19.1. The molecule has 0 bridgehead atoms. The number of carbonyl (C=O) groups is 1. The summed E-state index contributed by atoms with van der Waals surface area (Å²) < 4.78 is 18.4. The quantitative estimate of drug-likeness (QED) is 0.347. The molecule has 0 atom stereocenters. The molecule has 1 saturated heterocycles. The van der Waals surface area contributed by atoms with Gasteiger partial charge in [0, 0.05) is 0 Å². The molecule has 2 rings (SSSR count). The van der Waals surface area contributed by atoms with Gasteiger partial charge in [-0.15, -0.1) is 0 Å². The lowest BCUT2D eigenvalue weighted by atomic mass is 10.1. The molecule has 90 valence electrons. The van der Waals surface area contributed by atoms with Crippen LogP contribution in [0.25, 0.3) is 0 Å². The summed E-state index contributed by atoms with van der Waals surface area (Å²) >= 11 is 0. The lowest BCUT2D eigenvalue weighted by Crippen LogP contribution is -2.24. The van der Waals surface area contributed by atoms with Crippen molar-refractivity contribution in [3.05, 3.63) is 29.6 Å². The Bertz CT molecular complexity index is 490. The molecule has 3 N–H and O–H groups in total. The topological polar surface area (TPSA) is 88.2 Å². The molecule has 1 heterocycles. The fourth-order valence-electron chi connectivity index (χ4n) is 1.56. The van der Waals surface area contributed by atoms with E-state index in [-0.39, 0.29) is 18.0 Å². The Morgan fingerprint density at radius 2 is 2.35 bits per heavy atom. The van der Waals surface area contributed by atoms with Crippen molar-refractivity contribution >= 4 is 17.6 Å². The number of amidine groups is 1. The molecule has 0 saturated carbocycles. The van der Waals surface area contributed by atoms with Crippen LogP contribution >= 0.6 is 0 Å². The molecular weight excluding hydrogens is 229 g/mol. The van der Waals surface area contributed by atoms with Gasteiger partial charge in [-0.05, 0) is 18.2 Å². The van der Waals surface area contributed by atoms with Crippen molar-refractivity contribution in [2.75, 3.05) is 18.1 Å². The second kappa shape index (κ2) is 4.28. The van der Waals surface area contributed by atoms with E-state index < -0.39 is 11.9 Å². The number of halogens is 1. The molecule has 1 aromatic carbocycles. The van der Waals surface area contributed by atoms with Crippen LogP contribution in [0.1, 0.15) is 5.56 Å². The minimum Gasteiger partial charge on any atom is -0.447 e. The highest BCUT2D eigenvalue weighted by Crippen LogP contribution is 2.21. The number of cyclic esters (lactones) is 1. The van der Waals surface area contributed by atoms with Crippen molar-refractivity contribution in [3.63, 3.8) is 0 Å². The number of nitrogens with two attached hydrogens (primary N) is 1. The molecule has 1 aliphatic heterocycles. The van der Waals surface area contributed by atoms with E-state index in [2.05, 4.69) is 5.16 Å². The Morgan fingerprint density at radius 3 is 2.88 bits per heavy atom. The van der Waals surface area contributed by atoms with E-state index in [0.717, 1.165) is 6.07 Å². The molecule has 0 spiro atoms. The van der Waals surface area contributed by atoms with Crippen LogP contribution < -0.4 is 10.6 Å². The van der Waals surface area contributed by atoms with Gasteiger partial charge < -0.3 is 15.7 Å². The zero-order chi connectivity index (χ0) is 12.4. The first kappa shape index (κ1) is 11.2. The molecule has 7 heteroatoms. The summed E-state index contributed by atoms with van der Waals surface area (Å²) in [5.74, 6) is -0.990. The number of nitrogens with zero attached hydrogens (tertiary/aromatic N) is 2. The first-order valence-electron chi connectivity index (χ1n) is 4.85. The zero-order valence-electron chi connectivity index (χ0n) is 8.76. The van der Waals surface area contributed by atoms with Crippen LogP contribution in [0.4, 0.5) is 14.9 Å². The summed E-state index contributed by atoms with van der Waals surface area (Å²) in [6, 6.07) is 3.98. The van der Waals surface area contributed by atoms with E-state index in [9.17, 15) is 9.18 Å². The van der Waals surface area contributed by atoms with Crippen molar-refractivity contribution in [2.45, 2.75) is 0 Å². The minimum absolute atomic E-state index is 0.0242. The number of hydrogen-bond acceptors (Lipinski definition) is 4. The third-order valence-electron chi connectivity index (χ3n) is 2.41. The smallest absolute Gasteiger partial charge is 0.414 e. The normalized spacial score (nSPS) is 16.2. The molecule has 6 nitrogen and oxygen atoms in total. The van der Waals surface area contributed by atoms with Gasteiger partial charge in [-0.3, -0.25) is 4.90 Å². The second-order valence-electron chi connectivity index (χ2n) is 3.42. The summed E-state index contributed by atoms with van der Waals surface area (Å²) in [5.41, 5.74) is 5.63. The van der Waals surface area contributed by atoms with Gasteiger partial charge in [0.15, 0.2) is 5.84 Å². The minimum atomic E-state index is -0.669. The molecular formula is C10H10FN3O3. The number of amides is 1. The van der Waals surface area contributed by atoms with Gasteiger partial charge in [0.1, 0.15) is 12.4 Å². The van der Waals surface area contributed by atoms with Gasteiger partial charge in [0.25, 0.3) is 0 Å². The van der Waals surface area contributed by atoms with E-state index in [1.54, 1.807) is 0 Å². The average molecular weight is 239 g/mol. The summed E-state index contributed by atoms with van der Waals surface area (Å²) in [4.78, 5) is 12.6. The van der Waals surface area contributed by atoms with Gasteiger partial charge >= 0.3 is 6.09 Å². The number of ether oxygens (including phenoxy) is 1. The average Bonchev–Trinajstić information content (AvgIpc) is 2.74. The van der Waals surface area contributed by atoms with Crippen LogP contribution in [0.3, 0.4) is 0 Å². The zero-order valence-corrected chi connectivity index (χ0v) is 8.76. The third-order valence-corrected chi connectivity index (χ3v) is 2.41. The molecule has 0 aliphatic carbocycles. The van der Waals surface area contributed by atoms with E-state index in [1.807, 2.05) is 0 Å². The molecule has 17 heavy (non-hydrogen) atoms. The maximum atomic E-state index is 13.6. The summed E-state index contributed by atoms with van der Waals surface area (Å²) in [6.07, 6.45) is -0.513. The molecule has 1 aliphatic rings. The predicted molar refractivity (Wildman–Crippen MR) is 57.6 cm³/mol. The van der Waals surface area contributed by atoms with E-state index >= 15 is 0 Å². The Kier molecular flexibility index (Phi) is 2.82. The summed E-state index contributed by atoms with van der Waals surface area (Å²) in [6.45, 7) is 0.656. The first-order valence-corrected chi connectivity index (χ1v) is 4.85. The largest absolute Gasteiger partial charge is 0.447 e. The number of hydrogen-bond donors (Lipinski definition) is 2. The number of rotatable bonds is 2. The van der Waals surface area contributed by atoms with Crippen molar-refractivity contribution in [1.29, 1.82) is 0 Å². The number of anilines is 1. The molecule has 1 fully saturated rings. The number of carbonyl (C=O) groups excluding carboxylic acids is 1. The molecule has 0 unspecified atom stereocenters. The fraction of sp³-hybridized carbons (Fsp3) is 0.200. The van der Waals surface area contributed by atoms with Gasteiger partial charge in [-0.2, -0.15) is 0 Å². The molecule has 0 aromatic heterocycles. The van der Waals surface area contributed by atoms with E-state index in [4.69, 9.17) is 15.7 Å². The van der Waals surface area contributed by atoms with E-state index in [1.165, 1.54) is 17.0 Å². The SMILES string of the molecule is N/C(=N\O)c1ccc(N2CCOC2=O)cc1F. The highest BCUT2D eigenvalue weighted by Gasteiger charge is 2.24. The highest BCUT2D eigenvalue weighted by molar-refractivity contribution is 5.98. The molecule has 0 radical (unpaired) electrons. The van der Waals surface area contributed by atoms with Crippen LogP contribution in [-0.4, -0.2) is 30.3 Å². The summed E-state index contributed by atoms with van der Waals surface area (Å²) in [5, 5.41) is 11.2. The first-order chi connectivity index (χ1) is 8.13. The van der Waals surface area contributed by atoms with Crippen LogP contribution in [0.2, 0.25) is 0 Å². The standard InChI is InChI=1S/C10H10FN3O3/c11-8-5-6(14-3-4-17-10(14)15)1-2-7(8)9(12)13-16/h1-2,5,16H,3-4H2,(H2,12,13). The van der Waals surface area contributed by atoms with Gasteiger partial charge in [0.2, 0.25) is 0 Å².